The molecule has 0 spiro atoms. The maximum atomic E-state index is 12.1. The molecule has 35 heavy (non-hydrogen) atoms. The summed E-state index contributed by atoms with van der Waals surface area (Å²) in [5, 5.41) is 13.7. The Morgan fingerprint density at radius 3 is 1.60 bits per heavy atom. The number of aliphatic hydroxyl groups is 1. The second kappa shape index (κ2) is 22.5. The van der Waals surface area contributed by atoms with Crippen LogP contribution in [-0.2, 0) is 34.0 Å². The average Bonchev–Trinajstić information content (AvgIpc) is 2.77. The smallest absolute Gasteiger partial charge is 0.747 e. The van der Waals surface area contributed by atoms with Crippen molar-refractivity contribution in [2.45, 2.75) is 104 Å². The Bertz CT molecular complexity index is 682. The summed E-state index contributed by atoms with van der Waals surface area (Å²) in [5.74, 6) is -2.93. The molecule has 0 aromatic heterocycles. The van der Waals surface area contributed by atoms with Gasteiger partial charge in [0.25, 0.3) is 0 Å². The van der Waals surface area contributed by atoms with Gasteiger partial charge in [0.15, 0.2) is 5.25 Å². The molecule has 0 bridgehead atoms. The Kier molecular flexibility index (Phi) is 24.9. The van der Waals surface area contributed by atoms with Gasteiger partial charge in [0.1, 0.15) is 16.2 Å². The van der Waals surface area contributed by atoms with E-state index < -0.39 is 45.8 Å². The predicted octanol–water partition coefficient (Wildman–Crippen LogP) is 0.265. The van der Waals surface area contributed by atoms with E-state index in [-0.39, 0.29) is 54.6 Å². The molecule has 202 valence electrons. The van der Waals surface area contributed by atoms with Crippen LogP contribution in [0.4, 0.5) is 0 Å². The van der Waals surface area contributed by atoms with E-state index in [0.29, 0.717) is 0 Å². The number of esters is 2. The molecule has 0 fully saturated rings. The Labute approximate surface area is 232 Å². The van der Waals surface area contributed by atoms with Crippen molar-refractivity contribution in [1.29, 1.82) is 0 Å². The first-order valence-electron chi connectivity index (χ1n) is 12.0. The molecular formula is C23H43NaO10S. The topological polar surface area (TPSA) is 167 Å². The van der Waals surface area contributed by atoms with Crippen molar-refractivity contribution in [2.75, 3.05) is 13.2 Å². The molecular weight excluding hydrogens is 491 g/mol. The maximum absolute atomic E-state index is 12.1. The number of aliphatic carboxylic acids is 1. The summed E-state index contributed by atoms with van der Waals surface area (Å²) >= 11 is 0. The molecule has 12 heteroatoms. The fourth-order valence-corrected chi connectivity index (χ4v) is 3.46. The number of carboxylic acids is 1. The number of carbonyl (C=O) groups excluding carboxylic acids is 2. The van der Waals surface area contributed by atoms with Crippen LogP contribution in [0.3, 0.4) is 0 Å². The molecule has 10 nitrogen and oxygen atoms in total. The molecule has 0 heterocycles. The molecule has 0 aromatic carbocycles. The van der Waals surface area contributed by atoms with Crippen molar-refractivity contribution in [2.24, 2.45) is 11.8 Å². The van der Waals surface area contributed by atoms with Crippen LogP contribution in [0.15, 0.2) is 0 Å². The van der Waals surface area contributed by atoms with Crippen molar-refractivity contribution in [3.63, 3.8) is 0 Å². The van der Waals surface area contributed by atoms with Crippen LogP contribution in [-0.4, -0.2) is 65.7 Å². The van der Waals surface area contributed by atoms with E-state index in [1.807, 2.05) is 13.8 Å². The monoisotopic (exact) mass is 534 g/mol. The number of hydrogen-bond acceptors (Lipinski definition) is 9. The van der Waals surface area contributed by atoms with Crippen molar-refractivity contribution in [1.82, 2.24) is 0 Å². The Hall–Kier alpha value is -0.720. The van der Waals surface area contributed by atoms with Crippen LogP contribution in [0.2, 0.25) is 0 Å². The second-order valence-electron chi connectivity index (χ2n) is 8.35. The number of carboxylic acid groups (broad SMARTS) is 1. The van der Waals surface area contributed by atoms with E-state index in [2.05, 4.69) is 13.8 Å². The second-order valence-corrected chi connectivity index (χ2v) is 9.90. The Morgan fingerprint density at radius 1 is 0.886 bits per heavy atom. The minimum absolute atomic E-state index is 0. The number of aliphatic hydroxyl groups excluding tert-OH is 1. The normalized spacial score (nSPS) is 14.3. The van der Waals surface area contributed by atoms with Gasteiger partial charge in [0.05, 0.1) is 19.6 Å². The van der Waals surface area contributed by atoms with Gasteiger partial charge in [-0.25, -0.2) is 13.2 Å². The molecule has 0 aliphatic carbocycles. The summed E-state index contributed by atoms with van der Waals surface area (Å²) in [5.41, 5.74) is 0. The number of ether oxygens (including phenoxy) is 2. The first kappa shape index (κ1) is 38.8. The van der Waals surface area contributed by atoms with E-state index in [9.17, 15) is 27.4 Å². The Morgan fingerprint density at radius 2 is 1.29 bits per heavy atom. The third kappa shape index (κ3) is 21.1. The van der Waals surface area contributed by atoms with Crippen LogP contribution in [0.1, 0.15) is 92.4 Å². The summed E-state index contributed by atoms with van der Waals surface area (Å²) in [6.45, 7) is 9.46. The molecule has 4 atom stereocenters. The largest absolute Gasteiger partial charge is 1.00 e. The molecule has 0 saturated heterocycles. The van der Waals surface area contributed by atoms with Crippen LogP contribution in [0, 0.1) is 11.8 Å². The first-order chi connectivity index (χ1) is 15.8. The zero-order valence-corrected chi connectivity index (χ0v) is 25.0. The van der Waals surface area contributed by atoms with E-state index in [4.69, 9.17) is 19.7 Å². The third-order valence-corrected chi connectivity index (χ3v) is 6.40. The molecule has 0 rings (SSSR count). The van der Waals surface area contributed by atoms with Gasteiger partial charge in [-0.15, -0.1) is 0 Å². The van der Waals surface area contributed by atoms with Gasteiger partial charge in [-0.05, 0) is 31.6 Å². The van der Waals surface area contributed by atoms with Crippen LogP contribution in [0.25, 0.3) is 0 Å². The fourth-order valence-electron chi connectivity index (χ4n) is 2.81. The molecule has 4 unspecified atom stereocenters. The van der Waals surface area contributed by atoms with Crippen molar-refractivity contribution >= 4 is 28.0 Å². The van der Waals surface area contributed by atoms with Gasteiger partial charge < -0.3 is 24.2 Å². The summed E-state index contributed by atoms with van der Waals surface area (Å²) < 4.78 is 44.6. The van der Waals surface area contributed by atoms with Gasteiger partial charge in [-0.1, -0.05) is 66.2 Å². The molecule has 0 saturated carbocycles. The van der Waals surface area contributed by atoms with E-state index in [0.717, 1.165) is 51.4 Å². The van der Waals surface area contributed by atoms with Crippen LogP contribution < -0.4 is 29.6 Å². The van der Waals surface area contributed by atoms with E-state index in [1.165, 1.54) is 6.92 Å². The zero-order valence-electron chi connectivity index (χ0n) is 22.2. The van der Waals surface area contributed by atoms with Crippen LogP contribution >= 0.6 is 0 Å². The SMILES string of the molecule is CC(O)C(=O)O.CCCCC(CC)COC(=O)CC(C(=O)OCC(CC)CCCC)S(=O)(=O)[O-].[Na+]. The van der Waals surface area contributed by atoms with Crippen molar-refractivity contribution < 1.29 is 76.6 Å². The summed E-state index contributed by atoms with van der Waals surface area (Å²) in [7, 11) is -5.01. The molecule has 2 N–H and O–H groups in total. The molecule has 0 radical (unpaired) electrons. The third-order valence-electron chi connectivity index (χ3n) is 5.35. The van der Waals surface area contributed by atoms with Gasteiger partial charge >= 0.3 is 47.5 Å². The quantitative estimate of drug-likeness (QED) is 0.150. The molecule has 0 aromatic rings. The minimum Gasteiger partial charge on any atom is -0.747 e. The van der Waals surface area contributed by atoms with E-state index >= 15 is 0 Å². The number of rotatable bonds is 17. The van der Waals surface area contributed by atoms with E-state index in [1.54, 1.807) is 0 Å². The number of unbranched alkanes of at least 4 members (excludes halogenated alkanes) is 2. The summed E-state index contributed by atoms with van der Waals surface area (Å²) in [4.78, 5) is 33.6. The van der Waals surface area contributed by atoms with Crippen molar-refractivity contribution in [3.8, 4) is 0 Å². The fraction of sp³-hybridized carbons (Fsp3) is 0.870. The van der Waals surface area contributed by atoms with Crippen molar-refractivity contribution in [3.05, 3.63) is 0 Å². The zero-order chi connectivity index (χ0) is 26.7. The van der Waals surface area contributed by atoms with Gasteiger partial charge in [-0.3, -0.25) is 9.59 Å². The predicted molar refractivity (Wildman–Crippen MR) is 126 cm³/mol. The molecule has 0 amide bonds. The van der Waals surface area contributed by atoms with Crippen LogP contribution in [0.5, 0.6) is 0 Å². The summed E-state index contributed by atoms with van der Waals surface area (Å²) in [6.07, 6.45) is 5.35. The van der Waals surface area contributed by atoms with Gasteiger partial charge in [0.2, 0.25) is 0 Å². The number of carbonyl (C=O) groups is 3. The molecule has 0 aliphatic rings. The standard InChI is InChI=1S/C20H38O7S.C3H6O3.Na/c1-5-9-11-16(7-3)14-26-19(21)13-18(28(23,24)25)20(22)27-15-17(8-4)12-10-6-2;1-2(4)3(5)6;/h16-18H,5-15H2,1-4H3,(H,23,24,25);2,4H,1H3,(H,5,6);/q;;+1/p-1. The van der Waals surface area contributed by atoms with Gasteiger partial charge in [-0.2, -0.15) is 0 Å². The molecule has 0 aliphatic heterocycles. The first-order valence-corrected chi connectivity index (χ1v) is 13.5. The minimum atomic E-state index is -5.01. The Balaban J connectivity index is -0.00000129. The number of hydrogen-bond donors (Lipinski definition) is 2. The average molecular weight is 535 g/mol. The van der Waals surface area contributed by atoms with Gasteiger partial charge in [0, 0.05) is 0 Å². The summed E-state index contributed by atoms with van der Waals surface area (Å²) in [6, 6.07) is 0. The maximum Gasteiger partial charge on any atom is 1.00 e.